The maximum Gasteiger partial charge on any atom is 0.123 e. The zero-order valence-corrected chi connectivity index (χ0v) is 17.1. The van der Waals surface area contributed by atoms with Crippen molar-refractivity contribution in [3.8, 4) is 0 Å². The molecule has 2 aliphatic heterocycles. The third-order valence-corrected chi connectivity index (χ3v) is 6.92. The predicted molar refractivity (Wildman–Crippen MR) is 119 cm³/mol. The topological polar surface area (TPSA) is 26.2 Å². The van der Waals surface area contributed by atoms with Gasteiger partial charge in [-0.15, -0.1) is 0 Å². The fourth-order valence-electron chi connectivity index (χ4n) is 5.65. The van der Waals surface area contributed by atoms with Crippen LogP contribution in [-0.2, 0) is 11.3 Å². The van der Waals surface area contributed by atoms with Crippen LogP contribution in [0.25, 0.3) is 21.8 Å². The van der Waals surface area contributed by atoms with Crippen LogP contribution in [0.5, 0.6) is 0 Å². The first-order valence-corrected chi connectivity index (χ1v) is 10.9. The van der Waals surface area contributed by atoms with Gasteiger partial charge in [0, 0.05) is 52.1 Å². The van der Waals surface area contributed by atoms with Crippen LogP contribution in [0.4, 0.5) is 10.1 Å². The molecule has 1 aromatic heterocycles. The van der Waals surface area contributed by atoms with Gasteiger partial charge in [-0.3, -0.25) is 0 Å². The molecule has 152 valence electrons. The smallest absolute Gasteiger partial charge is 0.123 e. The first-order valence-electron chi connectivity index (χ1n) is 10.9. The molecule has 6 rings (SSSR count). The molecular weight excluding hydrogens is 375 g/mol. The van der Waals surface area contributed by atoms with E-state index in [1.165, 1.54) is 27.4 Å². The largest absolute Gasteiger partial charge is 0.378 e. The van der Waals surface area contributed by atoms with Crippen LogP contribution in [-0.4, -0.2) is 11.2 Å². The van der Waals surface area contributed by atoms with E-state index in [4.69, 9.17) is 4.74 Å². The molecule has 1 saturated heterocycles. The number of benzene rings is 3. The van der Waals surface area contributed by atoms with Gasteiger partial charge in [-0.1, -0.05) is 30.3 Å². The molecule has 3 aromatic carbocycles. The second-order valence-corrected chi connectivity index (χ2v) is 8.45. The SMILES string of the molecule is CCn1c2ccccc2c2c3c(ccc21)N[C@@H](c1ccc(F)cc1)[C@@H]1CCCO[C@H]31. The molecule has 4 heteroatoms. The number of anilines is 1. The Morgan fingerprint density at radius 2 is 1.87 bits per heavy atom. The Hall–Kier alpha value is -2.85. The Morgan fingerprint density at radius 1 is 1.03 bits per heavy atom. The quantitative estimate of drug-likeness (QED) is 0.411. The highest BCUT2D eigenvalue weighted by molar-refractivity contribution is 6.11. The van der Waals surface area contributed by atoms with Crippen molar-refractivity contribution >= 4 is 27.5 Å². The van der Waals surface area contributed by atoms with Gasteiger partial charge in [0.25, 0.3) is 0 Å². The standard InChI is InChI=1S/C26H25FN2O/c1-2-29-21-8-4-3-6-18(21)23-22(29)14-13-20-24(23)26-19(7-5-15-30-26)25(28-20)16-9-11-17(27)12-10-16/h3-4,6,8-14,19,25-26,28H,2,5,7,15H2,1H3/t19-,25-,26-/m0/s1. The third kappa shape index (κ3) is 2.53. The zero-order chi connectivity index (χ0) is 20.2. The minimum absolute atomic E-state index is 0.0462. The number of aromatic nitrogens is 1. The number of fused-ring (bicyclic) bond motifs is 7. The second kappa shape index (κ2) is 6.85. The van der Waals surface area contributed by atoms with E-state index in [0.717, 1.165) is 37.2 Å². The van der Waals surface area contributed by atoms with Gasteiger partial charge in [-0.25, -0.2) is 4.39 Å². The van der Waals surface area contributed by atoms with Crippen molar-refractivity contribution in [1.82, 2.24) is 4.57 Å². The lowest BCUT2D eigenvalue weighted by molar-refractivity contribution is -0.0372. The summed E-state index contributed by atoms with van der Waals surface area (Å²) in [5.41, 5.74) is 6.10. The Kier molecular flexibility index (Phi) is 4.10. The highest BCUT2D eigenvalue weighted by Gasteiger charge is 2.41. The molecule has 0 amide bonds. The molecule has 0 radical (unpaired) electrons. The van der Waals surface area contributed by atoms with Crippen LogP contribution >= 0.6 is 0 Å². The van der Waals surface area contributed by atoms with Crippen molar-refractivity contribution in [3.63, 3.8) is 0 Å². The van der Waals surface area contributed by atoms with Gasteiger partial charge in [0.1, 0.15) is 5.82 Å². The predicted octanol–water partition coefficient (Wildman–Crippen LogP) is 6.59. The third-order valence-electron chi connectivity index (χ3n) is 6.92. The summed E-state index contributed by atoms with van der Waals surface area (Å²) in [6.45, 7) is 3.93. The van der Waals surface area contributed by atoms with Crippen LogP contribution in [0.1, 0.15) is 43.0 Å². The summed E-state index contributed by atoms with van der Waals surface area (Å²) in [7, 11) is 0. The highest BCUT2D eigenvalue weighted by Crippen LogP contribution is 2.52. The van der Waals surface area contributed by atoms with Crippen molar-refractivity contribution < 1.29 is 9.13 Å². The molecule has 2 aliphatic rings. The number of halogens is 1. The van der Waals surface area contributed by atoms with Gasteiger partial charge < -0.3 is 14.6 Å². The number of para-hydroxylation sites is 1. The maximum absolute atomic E-state index is 13.5. The van der Waals surface area contributed by atoms with Crippen LogP contribution in [0, 0.1) is 11.7 Å². The minimum atomic E-state index is -0.194. The number of hydrogen-bond donors (Lipinski definition) is 1. The van der Waals surface area contributed by atoms with E-state index in [9.17, 15) is 4.39 Å². The molecular formula is C26H25FN2O. The van der Waals surface area contributed by atoms with Gasteiger partial charge in [-0.2, -0.15) is 0 Å². The minimum Gasteiger partial charge on any atom is -0.378 e. The number of aryl methyl sites for hydroxylation is 1. The fourth-order valence-corrected chi connectivity index (χ4v) is 5.65. The molecule has 0 aliphatic carbocycles. The van der Waals surface area contributed by atoms with E-state index in [1.54, 1.807) is 12.1 Å². The van der Waals surface area contributed by atoms with Crippen molar-refractivity contribution in [1.29, 1.82) is 0 Å². The molecule has 30 heavy (non-hydrogen) atoms. The lowest BCUT2D eigenvalue weighted by Gasteiger charge is -2.43. The molecule has 0 saturated carbocycles. The first kappa shape index (κ1) is 18.0. The Labute approximate surface area is 175 Å². The normalized spacial score (nSPS) is 23.2. The van der Waals surface area contributed by atoms with E-state index >= 15 is 0 Å². The Balaban J connectivity index is 1.60. The van der Waals surface area contributed by atoms with E-state index in [1.807, 2.05) is 12.1 Å². The Bertz CT molecular complexity index is 1240. The van der Waals surface area contributed by atoms with Gasteiger partial charge in [-0.05, 0) is 55.7 Å². The zero-order valence-electron chi connectivity index (χ0n) is 17.1. The lowest BCUT2D eigenvalue weighted by atomic mass is 9.76. The van der Waals surface area contributed by atoms with E-state index in [0.29, 0.717) is 5.92 Å². The molecule has 0 spiro atoms. The molecule has 3 nitrogen and oxygen atoms in total. The highest BCUT2D eigenvalue weighted by atomic mass is 19.1. The van der Waals surface area contributed by atoms with E-state index in [-0.39, 0.29) is 18.0 Å². The number of rotatable bonds is 2. The average molecular weight is 400 g/mol. The average Bonchev–Trinajstić information content (AvgIpc) is 3.12. The van der Waals surface area contributed by atoms with E-state index < -0.39 is 0 Å². The summed E-state index contributed by atoms with van der Waals surface area (Å²) >= 11 is 0. The summed E-state index contributed by atoms with van der Waals surface area (Å²) in [5.74, 6) is 0.131. The number of ether oxygens (including phenoxy) is 1. The monoisotopic (exact) mass is 400 g/mol. The number of nitrogens with zero attached hydrogens (tertiary/aromatic N) is 1. The second-order valence-electron chi connectivity index (χ2n) is 8.45. The van der Waals surface area contributed by atoms with Gasteiger partial charge >= 0.3 is 0 Å². The lowest BCUT2D eigenvalue weighted by Crippen LogP contribution is -2.36. The van der Waals surface area contributed by atoms with Crippen molar-refractivity contribution in [3.05, 3.63) is 77.6 Å². The molecule has 3 atom stereocenters. The molecule has 1 N–H and O–H groups in total. The molecule has 0 bridgehead atoms. The van der Waals surface area contributed by atoms with Crippen molar-refractivity contribution in [2.45, 2.75) is 38.5 Å². The summed E-state index contributed by atoms with van der Waals surface area (Å²) in [6, 6.07) is 20.2. The van der Waals surface area contributed by atoms with Crippen LogP contribution in [0.2, 0.25) is 0 Å². The first-order chi connectivity index (χ1) is 14.8. The number of nitrogens with one attached hydrogen (secondary N) is 1. The van der Waals surface area contributed by atoms with Gasteiger partial charge in [0.2, 0.25) is 0 Å². The fraction of sp³-hybridized carbons (Fsp3) is 0.308. The van der Waals surface area contributed by atoms with Crippen LogP contribution < -0.4 is 5.32 Å². The van der Waals surface area contributed by atoms with Crippen LogP contribution in [0.15, 0.2) is 60.7 Å². The molecule has 1 fully saturated rings. The van der Waals surface area contributed by atoms with Gasteiger partial charge in [0.05, 0.1) is 12.1 Å². The van der Waals surface area contributed by atoms with E-state index in [2.05, 4.69) is 53.2 Å². The van der Waals surface area contributed by atoms with Crippen LogP contribution in [0.3, 0.4) is 0 Å². The number of hydrogen-bond acceptors (Lipinski definition) is 2. The maximum atomic E-state index is 13.5. The summed E-state index contributed by atoms with van der Waals surface area (Å²) in [6.07, 6.45) is 2.20. The Morgan fingerprint density at radius 3 is 2.70 bits per heavy atom. The van der Waals surface area contributed by atoms with Crippen molar-refractivity contribution in [2.75, 3.05) is 11.9 Å². The molecule has 3 heterocycles. The summed E-state index contributed by atoms with van der Waals surface area (Å²) in [4.78, 5) is 0. The summed E-state index contributed by atoms with van der Waals surface area (Å²) < 4.78 is 22.4. The molecule has 4 aromatic rings. The van der Waals surface area contributed by atoms with Crippen molar-refractivity contribution in [2.24, 2.45) is 5.92 Å². The van der Waals surface area contributed by atoms with Gasteiger partial charge in [0.15, 0.2) is 0 Å². The summed E-state index contributed by atoms with van der Waals surface area (Å²) in [5, 5.41) is 6.41. The molecule has 0 unspecified atom stereocenters.